The molecule has 138 valence electrons. The van der Waals surface area contributed by atoms with E-state index >= 15 is 0 Å². The number of esters is 1. The predicted molar refractivity (Wildman–Crippen MR) is 98.5 cm³/mol. The zero-order chi connectivity index (χ0) is 18.9. The molecule has 2 rings (SSSR count). The SMILES string of the molecule is COc1ccccc1OCCC(=O)O[C@H](C)C(=O)Nc1ccc(C)cc1. The Kier molecular flexibility index (Phi) is 7.02. The van der Waals surface area contributed by atoms with Crippen LogP contribution in [-0.4, -0.2) is 31.7 Å². The van der Waals surface area contributed by atoms with Crippen molar-refractivity contribution in [1.82, 2.24) is 0 Å². The highest BCUT2D eigenvalue weighted by Crippen LogP contribution is 2.25. The Morgan fingerprint density at radius 3 is 2.35 bits per heavy atom. The number of ether oxygens (including phenoxy) is 3. The summed E-state index contributed by atoms with van der Waals surface area (Å²) in [6, 6.07) is 14.5. The van der Waals surface area contributed by atoms with Crippen LogP contribution in [0.15, 0.2) is 48.5 Å². The molecule has 0 fully saturated rings. The fraction of sp³-hybridized carbons (Fsp3) is 0.300. The van der Waals surface area contributed by atoms with Gasteiger partial charge in [0.05, 0.1) is 20.1 Å². The van der Waals surface area contributed by atoms with Crippen LogP contribution in [0.25, 0.3) is 0 Å². The fourth-order valence-electron chi connectivity index (χ4n) is 2.17. The van der Waals surface area contributed by atoms with Gasteiger partial charge >= 0.3 is 5.97 Å². The Labute approximate surface area is 153 Å². The lowest BCUT2D eigenvalue weighted by atomic mass is 10.2. The summed E-state index contributed by atoms with van der Waals surface area (Å²) in [6.45, 7) is 3.62. The van der Waals surface area contributed by atoms with Crippen molar-refractivity contribution in [2.24, 2.45) is 0 Å². The summed E-state index contributed by atoms with van der Waals surface area (Å²) in [5.74, 6) is 0.249. The third-order valence-electron chi connectivity index (χ3n) is 3.63. The van der Waals surface area contributed by atoms with Gasteiger partial charge in [-0.2, -0.15) is 0 Å². The first-order chi connectivity index (χ1) is 12.5. The van der Waals surface area contributed by atoms with Gasteiger partial charge in [0.25, 0.3) is 5.91 Å². The minimum atomic E-state index is -0.893. The van der Waals surface area contributed by atoms with Crippen LogP contribution in [0.3, 0.4) is 0 Å². The lowest BCUT2D eigenvalue weighted by Gasteiger charge is -2.14. The van der Waals surface area contributed by atoms with Crippen molar-refractivity contribution in [3.63, 3.8) is 0 Å². The quantitative estimate of drug-likeness (QED) is 0.734. The first-order valence-corrected chi connectivity index (χ1v) is 8.32. The Hall–Kier alpha value is -3.02. The molecule has 0 aliphatic carbocycles. The molecule has 2 aromatic carbocycles. The second-order valence-corrected chi connectivity index (χ2v) is 5.74. The van der Waals surface area contributed by atoms with E-state index in [2.05, 4.69) is 5.32 Å². The molecule has 0 saturated heterocycles. The summed E-state index contributed by atoms with van der Waals surface area (Å²) >= 11 is 0. The van der Waals surface area contributed by atoms with Gasteiger partial charge in [-0.05, 0) is 38.1 Å². The molecule has 0 heterocycles. The van der Waals surface area contributed by atoms with Gasteiger partial charge in [-0.3, -0.25) is 9.59 Å². The number of benzene rings is 2. The first-order valence-electron chi connectivity index (χ1n) is 8.32. The summed E-state index contributed by atoms with van der Waals surface area (Å²) in [4.78, 5) is 24.0. The number of hydrogen-bond donors (Lipinski definition) is 1. The second kappa shape index (κ2) is 9.46. The lowest BCUT2D eigenvalue weighted by Crippen LogP contribution is -2.30. The van der Waals surface area contributed by atoms with Gasteiger partial charge in [-0.1, -0.05) is 29.8 Å². The minimum Gasteiger partial charge on any atom is -0.493 e. The molecule has 0 radical (unpaired) electrons. The number of aryl methyl sites for hydroxylation is 1. The van der Waals surface area contributed by atoms with E-state index in [0.717, 1.165) is 5.56 Å². The number of carbonyl (C=O) groups excluding carboxylic acids is 2. The van der Waals surface area contributed by atoms with Crippen LogP contribution < -0.4 is 14.8 Å². The zero-order valence-electron chi connectivity index (χ0n) is 15.2. The van der Waals surface area contributed by atoms with E-state index in [1.807, 2.05) is 31.2 Å². The maximum Gasteiger partial charge on any atom is 0.310 e. The van der Waals surface area contributed by atoms with Crippen molar-refractivity contribution in [2.75, 3.05) is 19.0 Å². The topological polar surface area (TPSA) is 73.9 Å². The van der Waals surface area contributed by atoms with E-state index < -0.39 is 12.1 Å². The van der Waals surface area contributed by atoms with Crippen LogP contribution in [0.5, 0.6) is 11.5 Å². The van der Waals surface area contributed by atoms with Crippen molar-refractivity contribution >= 4 is 17.6 Å². The third kappa shape index (κ3) is 5.81. The molecule has 0 aromatic heterocycles. The van der Waals surface area contributed by atoms with Gasteiger partial charge in [-0.15, -0.1) is 0 Å². The fourth-order valence-corrected chi connectivity index (χ4v) is 2.17. The van der Waals surface area contributed by atoms with E-state index in [1.165, 1.54) is 6.92 Å². The molecule has 1 N–H and O–H groups in total. The molecule has 0 aliphatic rings. The highest BCUT2D eigenvalue weighted by atomic mass is 16.6. The van der Waals surface area contributed by atoms with Gasteiger partial charge in [0, 0.05) is 5.69 Å². The van der Waals surface area contributed by atoms with E-state index in [9.17, 15) is 9.59 Å². The average Bonchev–Trinajstić information content (AvgIpc) is 2.64. The lowest BCUT2D eigenvalue weighted by molar-refractivity contribution is -0.153. The molecule has 26 heavy (non-hydrogen) atoms. The zero-order valence-corrected chi connectivity index (χ0v) is 15.2. The normalized spacial score (nSPS) is 11.3. The number of nitrogens with one attached hydrogen (secondary N) is 1. The number of para-hydroxylation sites is 2. The van der Waals surface area contributed by atoms with Crippen molar-refractivity contribution in [3.8, 4) is 11.5 Å². The van der Waals surface area contributed by atoms with Gasteiger partial charge in [0.1, 0.15) is 0 Å². The number of anilines is 1. The highest BCUT2D eigenvalue weighted by Gasteiger charge is 2.18. The smallest absolute Gasteiger partial charge is 0.310 e. The molecule has 2 aromatic rings. The number of hydrogen-bond acceptors (Lipinski definition) is 5. The molecule has 0 bridgehead atoms. The maximum atomic E-state index is 12.1. The van der Waals surface area contributed by atoms with Crippen molar-refractivity contribution in [2.45, 2.75) is 26.4 Å². The van der Waals surface area contributed by atoms with Crippen molar-refractivity contribution < 1.29 is 23.8 Å². The Balaban J connectivity index is 1.75. The molecule has 0 spiro atoms. The van der Waals surface area contributed by atoms with E-state index in [0.29, 0.717) is 17.2 Å². The molecule has 6 heteroatoms. The summed E-state index contributed by atoms with van der Waals surface area (Å²) in [6.07, 6.45) is -0.865. The predicted octanol–water partition coefficient (Wildman–Crippen LogP) is 3.34. The number of amides is 1. The summed E-state index contributed by atoms with van der Waals surface area (Å²) in [7, 11) is 1.55. The highest BCUT2D eigenvalue weighted by molar-refractivity contribution is 5.95. The number of carbonyl (C=O) groups is 2. The van der Waals surface area contributed by atoms with E-state index in [1.54, 1.807) is 31.4 Å². The van der Waals surface area contributed by atoms with Crippen LogP contribution >= 0.6 is 0 Å². The van der Waals surface area contributed by atoms with Crippen molar-refractivity contribution in [1.29, 1.82) is 0 Å². The molecule has 0 saturated carbocycles. The van der Waals surface area contributed by atoms with Gasteiger partial charge in [0.2, 0.25) is 0 Å². The van der Waals surface area contributed by atoms with Crippen LogP contribution in [0.1, 0.15) is 18.9 Å². The molecule has 1 amide bonds. The van der Waals surface area contributed by atoms with Gasteiger partial charge in [0.15, 0.2) is 17.6 Å². The Bertz CT molecular complexity index is 742. The van der Waals surface area contributed by atoms with Crippen LogP contribution in [0.2, 0.25) is 0 Å². The largest absolute Gasteiger partial charge is 0.493 e. The Morgan fingerprint density at radius 1 is 1.04 bits per heavy atom. The van der Waals surface area contributed by atoms with Crippen LogP contribution in [0.4, 0.5) is 5.69 Å². The molecule has 0 aliphatic heterocycles. The first kappa shape index (κ1) is 19.3. The third-order valence-corrected chi connectivity index (χ3v) is 3.63. The monoisotopic (exact) mass is 357 g/mol. The molecular weight excluding hydrogens is 334 g/mol. The molecule has 6 nitrogen and oxygen atoms in total. The van der Waals surface area contributed by atoms with Gasteiger partial charge < -0.3 is 19.5 Å². The van der Waals surface area contributed by atoms with E-state index in [-0.39, 0.29) is 18.9 Å². The average molecular weight is 357 g/mol. The summed E-state index contributed by atoms with van der Waals surface area (Å²) in [5, 5.41) is 2.71. The summed E-state index contributed by atoms with van der Waals surface area (Å²) < 4.78 is 15.8. The van der Waals surface area contributed by atoms with Gasteiger partial charge in [-0.25, -0.2) is 0 Å². The van der Waals surface area contributed by atoms with Crippen LogP contribution in [-0.2, 0) is 14.3 Å². The molecular formula is C20H23NO5. The minimum absolute atomic E-state index is 0.0280. The number of rotatable bonds is 8. The Morgan fingerprint density at radius 2 is 1.69 bits per heavy atom. The van der Waals surface area contributed by atoms with E-state index in [4.69, 9.17) is 14.2 Å². The number of methoxy groups -OCH3 is 1. The maximum absolute atomic E-state index is 12.1. The van der Waals surface area contributed by atoms with Crippen LogP contribution in [0, 0.1) is 6.92 Å². The second-order valence-electron chi connectivity index (χ2n) is 5.74. The molecule has 0 unspecified atom stereocenters. The summed E-state index contributed by atoms with van der Waals surface area (Å²) in [5.41, 5.74) is 1.75. The molecule has 1 atom stereocenters. The standard InChI is InChI=1S/C20H23NO5/c1-14-8-10-16(11-9-14)21-20(23)15(2)26-19(22)12-13-25-18-7-5-4-6-17(18)24-3/h4-11,15H,12-13H2,1-3H3,(H,21,23)/t15-/m1/s1. The van der Waals surface area contributed by atoms with Crippen molar-refractivity contribution in [3.05, 3.63) is 54.1 Å².